The van der Waals surface area contributed by atoms with Gasteiger partial charge in [-0.3, -0.25) is 4.98 Å². The minimum absolute atomic E-state index is 0.0860. The number of carbonyl (C=O) groups is 1. The number of pyridine rings is 1. The first-order chi connectivity index (χ1) is 17.1. The Balaban J connectivity index is 1.88. The largest absolute Gasteiger partial charge is 0.462 e. The highest BCUT2D eigenvalue weighted by molar-refractivity contribution is 7.80. The number of esters is 1. The number of carbonyl (C=O) groups excluding carboxylic acids is 1. The van der Waals surface area contributed by atoms with E-state index in [-0.39, 0.29) is 23.7 Å². The zero-order valence-electron chi connectivity index (χ0n) is 20.3. The fraction of sp³-hybridized carbons (Fsp3) is 0.345. The first-order valence-corrected chi connectivity index (χ1v) is 12.7. The topological polar surface area (TPSA) is 68.5 Å². The number of likely N-dealkylation sites (tertiary alicyclic amines) is 1. The Bertz CT molecular complexity index is 1100. The zero-order chi connectivity index (χ0) is 24.8. The Morgan fingerprint density at radius 3 is 2.26 bits per heavy atom. The predicted molar refractivity (Wildman–Crippen MR) is 143 cm³/mol. The number of nitrogens with two attached hydrogens (primary N) is 1. The van der Waals surface area contributed by atoms with Crippen LogP contribution in [0.4, 0.5) is 0 Å². The summed E-state index contributed by atoms with van der Waals surface area (Å²) < 4.78 is 5.40. The Kier molecular flexibility index (Phi) is 8.26. The summed E-state index contributed by atoms with van der Waals surface area (Å²) in [5, 5.41) is 0. The molecule has 0 radical (unpaired) electrons. The van der Waals surface area contributed by atoms with Crippen LogP contribution in [0.25, 0.3) is 0 Å². The van der Waals surface area contributed by atoms with E-state index in [2.05, 4.69) is 60.4 Å². The number of rotatable bonds is 7. The van der Waals surface area contributed by atoms with Gasteiger partial charge in [0.05, 0.1) is 29.0 Å². The van der Waals surface area contributed by atoms with Crippen molar-refractivity contribution in [1.82, 2.24) is 9.88 Å². The summed E-state index contributed by atoms with van der Waals surface area (Å²) in [7, 11) is 0. The Hall–Kier alpha value is -3.09. The Labute approximate surface area is 213 Å². The molecule has 2 aromatic carbocycles. The third-order valence-corrected chi connectivity index (χ3v) is 7.43. The first kappa shape index (κ1) is 25.0. The summed E-state index contributed by atoms with van der Waals surface area (Å²) in [5.41, 5.74) is 10.6. The van der Waals surface area contributed by atoms with Gasteiger partial charge in [-0.1, -0.05) is 79.8 Å². The molecular formula is C29H33N3O2S. The molecule has 3 atom stereocenters. The van der Waals surface area contributed by atoms with E-state index in [9.17, 15) is 4.79 Å². The third-order valence-electron chi connectivity index (χ3n) is 6.91. The molecule has 0 aliphatic carbocycles. The number of hydrogen-bond donors (Lipinski definition) is 1. The molecule has 1 fully saturated rings. The second-order valence-electron chi connectivity index (χ2n) is 8.87. The third kappa shape index (κ3) is 5.29. The van der Waals surface area contributed by atoms with Gasteiger partial charge in [0, 0.05) is 24.6 Å². The molecule has 1 aliphatic rings. The number of thiocarbonyl (C=S) groups is 1. The van der Waals surface area contributed by atoms with E-state index in [1.54, 1.807) is 18.3 Å². The normalized spacial score (nSPS) is 20.0. The molecule has 3 aromatic rings. The minimum atomic E-state index is -0.404. The van der Waals surface area contributed by atoms with Gasteiger partial charge in [0.2, 0.25) is 0 Å². The molecule has 3 unspecified atom stereocenters. The van der Waals surface area contributed by atoms with Crippen molar-refractivity contribution < 1.29 is 9.53 Å². The van der Waals surface area contributed by atoms with Crippen LogP contribution in [0.3, 0.4) is 0 Å². The molecule has 2 N–H and O–H groups in total. The smallest absolute Gasteiger partial charge is 0.339 e. The van der Waals surface area contributed by atoms with Crippen LogP contribution >= 0.6 is 12.2 Å². The van der Waals surface area contributed by atoms with Gasteiger partial charge < -0.3 is 15.4 Å². The SMILES string of the molecule is CCOC(=O)c1cccnc1C1C(C(c2ccccc2)c2ccccc2)CCN(C(=S)CC)C1N. The lowest BCUT2D eigenvalue weighted by atomic mass is 9.68. The molecule has 0 spiro atoms. The van der Waals surface area contributed by atoms with Gasteiger partial charge in [-0.15, -0.1) is 0 Å². The van der Waals surface area contributed by atoms with Crippen molar-refractivity contribution in [2.75, 3.05) is 13.2 Å². The molecular weight excluding hydrogens is 454 g/mol. The lowest BCUT2D eigenvalue weighted by molar-refractivity contribution is 0.0520. The maximum atomic E-state index is 13.0. The van der Waals surface area contributed by atoms with E-state index in [1.807, 2.05) is 19.1 Å². The van der Waals surface area contributed by atoms with Gasteiger partial charge >= 0.3 is 5.97 Å². The second-order valence-corrected chi connectivity index (χ2v) is 9.34. The van der Waals surface area contributed by atoms with Crippen molar-refractivity contribution in [2.24, 2.45) is 11.7 Å². The van der Waals surface area contributed by atoms with Crippen molar-refractivity contribution in [3.05, 3.63) is 101 Å². The molecule has 0 bridgehead atoms. The van der Waals surface area contributed by atoms with Crippen molar-refractivity contribution in [2.45, 2.75) is 44.7 Å². The summed E-state index contributed by atoms with van der Waals surface area (Å²) in [6.07, 6.45) is 2.94. The van der Waals surface area contributed by atoms with Crippen LogP contribution in [-0.4, -0.2) is 40.2 Å². The summed E-state index contributed by atoms with van der Waals surface area (Å²) in [5.74, 6) is -0.399. The van der Waals surface area contributed by atoms with E-state index in [0.717, 1.165) is 24.4 Å². The highest BCUT2D eigenvalue weighted by Gasteiger charge is 2.44. The predicted octanol–water partition coefficient (Wildman–Crippen LogP) is 5.52. The van der Waals surface area contributed by atoms with E-state index >= 15 is 0 Å². The summed E-state index contributed by atoms with van der Waals surface area (Å²) >= 11 is 5.71. The van der Waals surface area contributed by atoms with Crippen molar-refractivity contribution >= 4 is 23.2 Å². The molecule has 5 nitrogen and oxygen atoms in total. The van der Waals surface area contributed by atoms with Crippen LogP contribution < -0.4 is 5.73 Å². The van der Waals surface area contributed by atoms with Crippen LogP contribution in [0.15, 0.2) is 79.0 Å². The number of aromatic nitrogens is 1. The van der Waals surface area contributed by atoms with Crippen molar-refractivity contribution in [3.8, 4) is 0 Å². The quantitative estimate of drug-likeness (QED) is 0.350. The van der Waals surface area contributed by atoms with Crippen molar-refractivity contribution in [1.29, 1.82) is 0 Å². The number of benzene rings is 2. The van der Waals surface area contributed by atoms with Gasteiger partial charge in [-0.25, -0.2) is 4.79 Å². The highest BCUT2D eigenvalue weighted by atomic mass is 32.1. The maximum Gasteiger partial charge on any atom is 0.339 e. The molecule has 1 saturated heterocycles. The second kappa shape index (κ2) is 11.6. The molecule has 182 valence electrons. The fourth-order valence-electron chi connectivity index (χ4n) is 5.37. The summed E-state index contributed by atoms with van der Waals surface area (Å²) in [6.45, 7) is 4.94. The average molecular weight is 488 g/mol. The Morgan fingerprint density at radius 2 is 1.69 bits per heavy atom. The van der Waals surface area contributed by atoms with Gasteiger partial charge in [0.1, 0.15) is 0 Å². The van der Waals surface area contributed by atoms with Crippen LogP contribution in [0.5, 0.6) is 0 Å². The summed E-state index contributed by atoms with van der Waals surface area (Å²) in [4.78, 5) is 20.7. The van der Waals surface area contributed by atoms with Crippen LogP contribution in [0.2, 0.25) is 0 Å². The minimum Gasteiger partial charge on any atom is -0.462 e. The van der Waals surface area contributed by atoms with E-state index in [1.165, 1.54) is 11.1 Å². The number of piperidine rings is 1. The monoisotopic (exact) mass is 487 g/mol. The van der Waals surface area contributed by atoms with Crippen LogP contribution in [-0.2, 0) is 4.74 Å². The van der Waals surface area contributed by atoms with Gasteiger partial charge in [0.25, 0.3) is 0 Å². The molecule has 1 aliphatic heterocycles. The first-order valence-electron chi connectivity index (χ1n) is 12.3. The maximum absolute atomic E-state index is 13.0. The Morgan fingerprint density at radius 1 is 1.06 bits per heavy atom. The molecule has 0 amide bonds. The van der Waals surface area contributed by atoms with Crippen molar-refractivity contribution in [3.63, 3.8) is 0 Å². The van der Waals surface area contributed by atoms with E-state index in [0.29, 0.717) is 17.9 Å². The molecule has 2 heterocycles. The molecule has 1 aromatic heterocycles. The molecule has 4 rings (SSSR count). The molecule has 35 heavy (non-hydrogen) atoms. The summed E-state index contributed by atoms with van der Waals surface area (Å²) in [6, 6.07) is 24.6. The van der Waals surface area contributed by atoms with Crippen LogP contribution in [0.1, 0.15) is 65.7 Å². The highest BCUT2D eigenvalue weighted by Crippen LogP contribution is 2.47. The number of nitrogens with zero attached hydrogens (tertiary/aromatic N) is 2. The average Bonchev–Trinajstić information content (AvgIpc) is 2.90. The number of hydrogen-bond acceptors (Lipinski definition) is 5. The van der Waals surface area contributed by atoms with Gasteiger partial charge in [0.15, 0.2) is 0 Å². The molecule has 0 saturated carbocycles. The van der Waals surface area contributed by atoms with Gasteiger partial charge in [-0.05, 0) is 48.9 Å². The zero-order valence-corrected chi connectivity index (χ0v) is 21.2. The lowest BCUT2D eigenvalue weighted by Crippen LogP contribution is -2.56. The van der Waals surface area contributed by atoms with E-state index < -0.39 is 6.17 Å². The van der Waals surface area contributed by atoms with Gasteiger partial charge in [-0.2, -0.15) is 0 Å². The number of ether oxygens (including phenoxy) is 1. The van der Waals surface area contributed by atoms with E-state index in [4.69, 9.17) is 27.7 Å². The molecule has 6 heteroatoms. The fourth-order valence-corrected chi connectivity index (χ4v) is 5.58. The lowest BCUT2D eigenvalue weighted by Gasteiger charge is -2.47. The standard InChI is InChI=1S/C29H33N3O2S/c1-3-24(35)32-19-17-22(25(20-12-7-5-8-13-20)21-14-9-6-10-15-21)26(28(32)30)27-23(16-11-18-31-27)29(33)34-4-2/h5-16,18,22,25-26,28H,3-4,17,19,30H2,1-2H3. The van der Waals surface area contributed by atoms with Crippen LogP contribution in [0, 0.1) is 5.92 Å².